The molecular weight excluding hydrogens is 268 g/mol. The Bertz CT molecular complexity index is 738. The largest absolute Gasteiger partial charge is 0.462 e. The molecule has 2 aromatic heterocycles. The highest BCUT2D eigenvalue weighted by atomic mass is 32.1. The summed E-state index contributed by atoms with van der Waals surface area (Å²) in [5.74, 6) is -0.603. The Kier molecular flexibility index (Phi) is 3.57. The molecule has 0 saturated heterocycles. The van der Waals surface area contributed by atoms with Crippen molar-refractivity contribution in [2.45, 2.75) is 33.4 Å². The van der Waals surface area contributed by atoms with Crippen LogP contribution in [0.4, 0.5) is 0 Å². The molecule has 0 atom stereocenters. The molecular formula is C12H14N2O4S. The van der Waals surface area contributed by atoms with Crippen LogP contribution in [-0.2, 0) is 16.1 Å². The number of rotatable bonds is 3. The number of aromatic nitrogens is 2. The number of ether oxygens (including phenoxy) is 1. The van der Waals surface area contributed by atoms with Crippen molar-refractivity contribution in [2.75, 3.05) is 0 Å². The van der Waals surface area contributed by atoms with Gasteiger partial charge in [0.1, 0.15) is 11.4 Å². The first-order chi connectivity index (χ1) is 8.88. The van der Waals surface area contributed by atoms with Gasteiger partial charge in [0.15, 0.2) is 0 Å². The monoisotopic (exact) mass is 282 g/mol. The third-order valence-corrected chi connectivity index (χ3v) is 3.42. The first-order valence-corrected chi connectivity index (χ1v) is 6.63. The topological polar surface area (TPSA) is 81.2 Å². The van der Waals surface area contributed by atoms with Gasteiger partial charge in [-0.2, -0.15) is 0 Å². The van der Waals surface area contributed by atoms with Crippen molar-refractivity contribution in [1.82, 2.24) is 9.55 Å². The Balaban J connectivity index is 2.46. The standard InChI is InChI=1S/C12H14N2O4S/c1-6(2)18-9(15)5-14-11(16)8-4-7(3)19-10(8)13-12(14)17/h4,6H,5H2,1-3H3,(H,13,17). The zero-order valence-electron chi connectivity index (χ0n) is 10.9. The van der Waals surface area contributed by atoms with Crippen LogP contribution in [0, 0.1) is 6.92 Å². The van der Waals surface area contributed by atoms with E-state index in [1.807, 2.05) is 6.92 Å². The van der Waals surface area contributed by atoms with Gasteiger partial charge in [0, 0.05) is 4.88 Å². The smallest absolute Gasteiger partial charge is 0.329 e. The number of hydrogen-bond acceptors (Lipinski definition) is 5. The van der Waals surface area contributed by atoms with Crippen LogP contribution in [0.3, 0.4) is 0 Å². The van der Waals surface area contributed by atoms with Crippen LogP contribution in [0.2, 0.25) is 0 Å². The van der Waals surface area contributed by atoms with E-state index in [-0.39, 0.29) is 12.6 Å². The molecule has 0 aliphatic rings. The van der Waals surface area contributed by atoms with Gasteiger partial charge in [-0.1, -0.05) is 0 Å². The maximum atomic E-state index is 12.1. The summed E-state index contributed by atoms with van der Waals surface area (Å²) in [5, 5.41) is 0.416. The van der Waals surface area contributed by atoms with Gasteiger partial charge in [0.2, 0.25) is 0 Å². The second-order valence-corrected chi connectivity index (χ2v) is 5.72. The number of thiophene rings is 1. The van der Waals surface area contributed by atoms with Gasteiger partial charge in [-0.05, 0) is 26.8 Å². The summed E-state index contributed by atoms with van der Waals surface area (Å²) in [6.07, 6.45) is -0.283. The fraction of sp³-hybridized carbons (Fsp3) is 0.417. The highest BCUT2D eigenvalue weighted by molar-refractivity contribution is 7.18. The maximum absolute atomic E-state index is 12.1. The zero-order chi connectivity index (χ0) is 14.2. The number of carbonyl (C=O) groups excluding carboxylic acids is 1. The lowest BCUT2D eigenvalue weighted by Crippen LogP contribution is -2.37. The molecule has 2 rings (SSSR count). The second-order valence-electron chi connectivity index (χ2n) is 4.46. The maximum Gasteiger partial charge on any atom is 0.329 e. The fourth-order valence-corrected chi connectivity index (χ4v) is 2.63. The minimum atomic E-state index is -0.603. The van der Waals surface area contributed by atoms with Gasteiger partial charge in [0.25, 0.3) is 5.56 Å². The van der Waals surface area contributed by atoms with Crippen molar-refractivity contribution in [3.8, 4) is 0 Å². The van der Waals surface area contributed by atoms with E-state index in [0.29, 0.717) is 10.2 Å². The van der Waals surface area contributed by atoms with Crippen molar-refractivity contribution in [3.05, 3.63) is 31.8 Å². The van der Waals surface area contributed by atoms with E-state index in [0.717, 1.165) is 9.44 Å². The highest BCUT2D eigenvalue weighted by Crippen LogP contribution is 2.18. The third-order valence-electron chi connectivity index (χ3n) is 2.45. The molecule has 0 aliphatic heterocycles. The zero-order valence-corrected chi connectivity index (χ0v) is 11.7. The van der Waals surface area contributed by atoms with Crippen molar-refractivity contribution in [1.29, 1.82) is 0 Å². The van der Waals surface area contributed by atoms with E-state index in [2.05, 4.69) is 4.98 Å². The lowest BCUT2D eigenvalue weighted by Gasteiger charge is -2.08. The summed E-state index contributed by atoms with van der Waals surface area (Å²) in [7, 11) is 0. The van der Waals surface area contributed by atoms with Crippen LogP contribution < -0.4 is 11.2 Å². The van der Waals surface area contributed by atoms with Gasteiger partial charge in [-0.3, -0.25) is 14.6 Å². The van der Waals surface area contributed by atoms with E-state index in [1.165, 1.54) is 11.3 Å². The third kappa shape index (κ3) is 2.76. The number of hydrogen-bond donors (Lipinski definition) is 1. The molecule has 2 aromatic rings. The fourth-order valence-electron chi connectivity index (χ4n) is 1.74. The van der Waals surface area contributed by atoms with Crippen LogP contribution in [-0.4, -0.2) is 21.6 Å². The molecule has 0 aliphatic carbocycles. The van der Waals surface area contributed by atoms with Crippen LogP contribution in [0.25, 0.3) is 10.2 Å². The van der Waals surface area contributed by atoms with E-state index in [9.17, 15) is 14.4 Å². The normalized spacial score (nSPS) is 11.2. The summed E-state index contributed by atoms with van der Waals surface area (Å²) in [5.41, 5.74) is -1.07. The average molecular weight is 282 g/mol. The quantitative estimate of drug-likeness (QED) is 0.852. The average Bonchev–Trinajstić information content (AvgIpc) is 2.64. The number of carbonyl (C=O) groups is 1. The molecule has 6 nitrogen and oxygen atoms in total. The highest BCUT2D eigenvalue weighted by Gasteiger charge is 2.14. The summed E-state index contributed by atoms with van der Waals surface area (Å²) in [4.78, 5) is 39.5. The number of nitrogens with zero attached hydrogens (tertiary/aromatic N) is 1. The van der Waals surface area contributed by atoms with Crippen LogP contribution in [0.15, 0.2) is 15.7 Å². The molecule has 2 heterocycles. The van der Waals surface area contributed by atoms with Crippen molar-refractivity contribution >= 4 is 27.5 Å². The molecule has 0 saturated carbocycles. The molecule has 0 unspecified atom stereocenters. The Labute approximate surface area is 112 Å². The van der Waals surface area contributed by atoms with E-state index < -0.39 is 17.2 Å². The molecule has 102 valence electrons. The molecule has 0 aromatic carbocycles. The molecule has 19 heavy (non-hydrogen) atoms. The molecule has 1 N–H and O–H groups in total. The number of esters is 1. The number of H-pyrrole nitrogens is 1. The SMILES string of the molecule is Cc1cc2c(=O)n(CC(=O)OC(C)C)c(=O)[nH]c2s1. The summed E-state index contributed by atoms with van der Waals surface area (Å²) < 4.78 is 5.79. The Morgan fingerprint density at radius 3 is 2.79 bits per heavy atom. The van der Waals surface area contributed by atoms with Crippen molar-refractivity contribution in [3.63, 3.8) is 0 Å². The summed E-state index contributed by atoms with van der Waals surface area (Å²) in [6, 6.07) is 1.70. The predicted octanol–water partition coefficient (Wildman–Crippen LogP) is 1.01. The second kappa shape index (κ2) is 5.00. The van der Waals surface area contributed by atoms with Crippen molar-refractivity contribution < 1.29 is 9.53 Å². The molecule has 7 heteroatoms. The number of fused-ring (bicyclic) bond motifs is 1. The minimum Gasteiger partial charge on any atom is -0.462 e. The van der Waals surface area contributed by atoms with Crippen LogP contribution in [0.5, 0.6) is 0 Å². The Morgan fingerprint density at radius 2 is 2.16 bits per heavy atom. The van der Waals surface area contributed by atoms with E-state index in [4.69, 9.17) is 4.74 Å². The number of aryl methyl sites for hydroxylation is 1. The lowest BCUT2D eigenvalue weighted by atomic mass is 10.3. The van der Waals surface area contributed by atoms with Crippen LogP contribution >= 0.6 is 11.3 Å². The number of nitrogens with one attached hydrogen (secondary N) is 1. The molecule has 0 radical (unpaired) electrons. The van der Waals surface area contributed by atoms with Gasteiger partial charge in [0.05, 0.1) is 11.5 Å². The van der Waals surface area contributed by atoms with Crippen LogP contribution in [0.1, 0.15) is 18.7 Å². The first-order valence-electron chi connectivity index (χ1n) is 5.81. The number of aromatic amines is 1. The molecule has 0 fully saturated rings. The van der Waals surface area contributed by atoms with Gasteiger partial charge in [-0.25, -0.2) is 9.36 Å². The van der Waals surface area contributed by atoms with Gasteiger partial charge < -0.3 is 4.74 Å². The van der Waals surface area contributed by atoms with Gasteiger partial charge >= 0.3 is 11.7 Å². The summed E-state index contributed by atoms with van der Waals surface area (Å²) in [6.45, 7) is 4.88. The predicted molar refractivity (Wildman–Crippen MR) is 72.7 cm³/mol. The summed E-state index contributed by atoms with van der Waals surface area (Å²) >= 11 is 1.33. The lowest BCUT2D eigenvalue weighted by molar-refractivity contribution is -0.148. The molecule has 0 spiro atoms. The van der Waals surface area contributed by atoms with Crippen molar-refractivity contribution in [2.24, 2.45) is 0 Å². The van der Waals surface area contributed by atoms with E-state index >= 15 is 0 Å². The van der Waals surface area contributed by atoms with E-state index in [1.54, 1.807) is 19.9 Å². The Morgan fingerprint density at radius 1 is 1.47 bits per heavy atom. The first kappa shape index (κ1) is 13.5. The Hall–Kier alpha value is -1.89. The van der Waals surface area contributed by atoms with Gasteiger partial charge in [-0.15, -0.1) is 11.3 Å². The molecule has 0 bridgehead atoms. The minimum absolute atomic E-state index is 0.283. The molecule has 0 amide bonds.